The molecule has 6 N–H and O–H groups in total. The first kappa shape index (κ1) is 16.5. The highest BCUT2D eigenvalue weighted by molar-refractivity contribution is 5.79. The molecule has 134 valence electrons. The van der Waals surface area contributed by atoms with Crippen LogP contribution < -0.4 is 22.1 Å². The Hall–Kier alpha value is -3.94. The Labute approximate surface area is 155 Å². The molecule has 1 aromatic carbocycles. The Morgan fingerprint density at radius 2 is 1.81 bits per heavy atom. The standard InChI is InChI=1S/C19H18N8/c20-14-5-7-23-16(9-14)26-17-11-24-18(21)19(27-17)25-10-12-3-4-15-13(8-12)2-1-6-22-15/h1-9,11H,10H2,(H2,21,24)(H4,20,23,25,26,27). The molecule has 0 atom stereocenters. The van der Waals surface area contributed by atoms with Crippen molar-refractivity contribution in [3.63, 3.8) is 0 Å². The van der Waals surface area contributed by atoms with Crippen LogP contribution in [0.1, 0.15) is 5.56 Å². The number of nitrogen functional groups attached to an aromatic ring is 2. The third-order valence-electron chi connectivity index (χ3n) is 3.97. The number of nitrogens with zero attached hydrogens (tertiary/aromatic N) is 4. The van der Waals surface area contributed by atoms with Crippen molar-refractivity contribution in [3.8, 4) is 0 Å². The van der Waals surface area contributed by atoms with Crippen LogP contribution in [-0.2, 0) is 6.54 Å². The first-order chi connectivity index (χ1) is 13.2. The van der Waals surface area contributed by atoms with E-state index in [0.717, 1.165) is 16.5 Å². The molecule has 27 heavy (non-hydrogen) atoms. The SMILES string of the molecule is Nc1ccnc(Nc2cnc(N)c(NCc3ccc4ncccc4c3)n2)c1. The van der Waals surface area contributed by atoms with Gasteiger partial charge in [0.1, 0.15) is 5.82 Å². The average molecular weight is 358 g/mol. The van der Waals surface area contributed by atoms with Crippen molar-refractivity contribution in [2.75, 3.05) is 22.1 Å². The molecule has 4 aromatic rings. The van der Waals surface area contributed by atoms with Crippen LogP contribution in [-0.4, -0.2) is 19.9 Å². The summed E-state index contributed by atoms with van der Waals surface area (Å²) < 4.78 is 0. The van der Waals surface area contributed by atoms with Gasteiger partial charge in [-0.05, 0) is 29.8 Å². The molecule has 0 aliphatic rings. The van der Waals surface area contributed by atoms with Gasteiger partial charge in [-0.1, -0.05) is 12.1 Å². The second kappa shape index (κ2) is 7.12. The van der Waals surface area contributed by atoms with Crippen LogP contribution in [0.2, 0.25) is 0 Å². The van der Waals surface area contributed by atoms with Gasteiger partial charge >= 0.3 is 0 Å². The smallest absolute Gasteiger partial charge is 0.171 e. The molecule has 0 fully saturated rings. The molecule has 0 saturated carbocycles. The molecule has 0 unspecified atom stereocenters. The van der Waals surface area contributed by atoms with E-state index in [1.807, 2.05) is 24.3 Å². The Kier molecular flexibility index (Phi) is 4.36. The number of nitrogens with two attached hydrogens (primary N) is 2. The first-order valence-corrected chi connectivity index (χ1v) is 8.36. The summed E-state index contributed by atoms with van der Waals surface area (Å²) >= 11 is 0. The molecular formula is C19H18N8. The predicted octanol–water partition coefficient (Wildman–Crippen LogP) is 2.94. The van der Waals surface area contributed by atoms with Crippen LogP contribution in [0.15, 0.2) is 61.1 Å². The van der Waals surface area contributed by atoms with Crippen molar-refractivity contribution in [1.29, 1.82) is 0 Å². The van der Waals surface area contributed by atoms with Gasteiger partial charge in [0.05, 0.1) is 11.7 Å². The summed E-state index contributed by atoms with van der Waals surface area (Å²) in [7, 11) is 0. The minimum Gasteiger partial charge on any atom is -0.399 e. The molecule has 0 amide bonds. The molecule has 0 aliphatic heterocycles. The largest absolute Gasteiger partial charge is 0.399 e. The average Bonchev–Trinajstić information content (AvgIpc) is 2.68. The molecule has 8 heteroatoms. The minimum absolute atomic E-state index is 0.323. The maximum absolute atomic E-state index is 5.95. The maximum atomic E-state index is 5.95. The van der Waals surface area contributed by atoms with Crippen molar-refractivity contribution < 1.29 is 0 Å². The summed E-state index contributed by atoms with van der Waals surface area (Å²) in [6, 6.07) is 13.5. The van der Waals surface area contributed by atoms with E-state index in [4.69, 9.17) is 11.5 Å². The molecule has 8 nitrogen and oxygen atoms in total. The lowest BCUT2D eigenvalue weighted by Crippen LogP contribution is -2.08. The monoisotopic (exact) mass is 358 g/mol. The summed E-state index contributed by atoms with van der Waals surface area (Å²) in [6.07, 6.45) is 4.95. The molecular weight excluding hydrogens is 340 g/mol. The first-order valence-electron chi connectivity index (χ1n) is 8.36. The van der Waals surface area contributed by atoms with E-state index in [9.17, 15) is 0 Å². The Bertz CT molecular complexity index is 1100. The van der Waals surface area contributed by atoms with Gasteiger partial charge in [0.2, 0.25) is 0 Å². The molecule has 3 aromatic heterocycles. The van der Waals surface area contributed by atoms with Gasteiger partial charge in [0.15, 0.2) is 17.5 Å². The van der Waals surface area contributed by atoms with Crippen molar-refractivity contribution in [2.24, 2.45) is 0 Å². The van der Waals surface area contributed by atoms with E-state index in [1.54, 1.807) is 30.7 Å². The van der Waals surface area contributed by atoms with Crippen molar-refractivity contribution in [2.45, 2.75) is 6.54 Å². The summed E-state index contributed by atoms with van der Waals surface area (Å²) in [5, 5.41) is 7.38. The van der Waals surface area contributed by atoms with Crippen molar-refractivity contribution in [1.82, 2.24) is 19.9 Å². The van der Waals surface area contributed by atoms with Crippen LogP contribution in [0.5, 0.6) is 0 Å². The number of aromatic nitrogens is 4. The van der Waals surface area contributed by atoms with Crippen molar-refractivity contribution in [3.05, 3.63) is 66.6 Å². The van der Waals surface area contributed by atoms with Crippen LogP contribution in [0.3, 0.4) is 0 Å². The number of benzene rings is 1. The lowest BCUT2D eigenvalue weighted by molar-refractivity contribution is 1.09. The number of rotatable bonds is 5. The number of anilines is 5. The van der Waals surface area contributed by atoms with Crippen LogP contribution in [0.4, 0.5) is 29.0 Å². The summed E-state index contributed by atoms with van der Waals surface area (Å²) in [6.45, 7) is 0.559. The third-order valence-corrected chi connectivity index (χ3v) is 3.97. The quantitative estimate of drug-likeness (QED) is 0.429. The normalized spacial score (nSPS) is 10.7. The van der Waals surface area contributed by atoms with E-state index >= 15 is 0 Å². The lowest BCUT2D eigenvalue weighted by atomic mass is 10.1. The highest BCUT2D eigenvalue weighted by atomic mass is 15.1. The molecule has 0 spiro atoms. The number of fused-ring (bicyclic) bond motifs is 1. The third kappa shape index (κ3) is 3.84. The fraction of sp³-hybridized carbons (Fsp3) is 0.0526. The highest BCUT2D eigenvalue weighted by Gasteiger charge is 2.06. The Morgan fingerprint density at radius 1 is 0.889 bits per heavy atom. The van der Waals surface area contributed by atoms with E-state index in [0.29, 0.717) is 35.5 Å². The van der Waals surface area contributed by atoms with Gasteiger partial charge in [0.25, 0.3) is 0 Å². The van der Waals surface area contributed by atoms with E-state index in [-0.39, 0.29) is 0 Å². The maximum Gasteiger partial charge on any atom is 0.171 e. The molecule has 0 aliphatic carbocycles. The van der Waals surface area contributed by atoms with E-state index in [2.05, 4.69) is 36.6 Å². The molecule has 0 saturated heterocycles. The zero-order chi connectivity index (χ0) is 18.6. The van der Waals surface area contributed by atoms with Crippen LogP contribution in [0, 0.1) is 0 Å². The topological polar surface area (TPSA) is 128 Å². The lowest BCUT2D eigenvalue weighted by Gasteiger charge is -2.11. The minimum atomic E-state index is 0.323. The van der Waals surface area contributed by atoms with Gasteiger partial charge in [-0.25, -0.2) is 15.0 Å². The fourth-order valence-electron chi connectivity index (χ4n) is 2.66. The summed E-state index contributed by atoms with van der Waals surface area (Å²) in [4.78, 5) is 17.2. The van der Waals surface area contributed by atoms with Gasteiger partial charge in [-0.15, -0.1) is 0 Å². The number of hydrogen-bond donors (Lipinski definition) is 4. The molecule has 0 radical (unpaired) electrons. The second-order valence-electron chi connectivity index (χ2n) is 5.97. The summed E-state index contributed by atoms with van der Waals surface area (Å²) in [5.74, 6) is 1.92. The van der Waals surface area contributed by atoms with Gasteiger partial charge in [0, 0.05) is 36.1 Å². The van der Waals surface area contributed by atoms with Gasteiger partial charge in [-0.2, -0.15) is 0 Å². The molecule has 0 bridgehead atoms. The van der Waals surface area contributed by atoms with Crippen LogP contribution in [0.25, 0.3) is 10.9 Å². The molecule has 4 rings (SSSR count). The zero-order valence-corrected chi connectivity index (χ0v) is 14.4. The summed E-state index contributed by atoms with van der Waals surface area (Å²) in [5.41, 5.74) is 14.4. The fourth-order valence-corrected chi connectivity index (χ4v) is 2.66. The number of hydrogen-bond acceptors (Lipinski definition) is 8. The predicted molar refractivity (Wildman–Crippen MR) is 107 cm³/mol. The number of nitrogens with one attached hydrogen (secondary N) is 2. The number of pyridine rings is 2. The van der Waals surface area contributed by atoms with Gasteiger partial charge in [-0.3, -0.25) is 4.98 Å². The zero-order valence-electron chi connectivity index (χ0n) is 14.4. The molecule has 3 heterocycles. The van der Waals surface area contributed by atoms with E-state index < -0.39 is 0 Å². The van der Waals surface area contributed by atoms with Crippen molar-refractivity contribution >= 4 is 39.9 Å². The van der Waals surface area contributed by atoms with Gasteiger partial charge < -0.3 is 22.1 Å². The van der Waals surface area contributed by atoms with Crippen LogP contribution >= 0.6 is 0 Å². The van der Waals surface area contributed by atoms with E-state index in [1.165, 1.54) is 0 Å². The highest BCUT2D eigenvalue weighted by Crippen LogP contribution is 2.20. The Morgan fingerprint density at radius 3 is 2.70 bits per heavy atom. The Balaban J connectivity index is 1.50. The second-order valence-corrected chi connectivity index (χ2v) is 5.97.